The average Bonchev–Trinajstić information content (AvgIpc) is 3.41. The minimum absolute atomic E-state index is 0.0792. The number of ether oxygens (including phenoxy) is 3. The van der Waals surface area contributed by atoms with Crippen molar-refractivity contribution < 1.29 is 28.6 Å². The first-order chi connectivity index (χ1) is 37.0. The Morgan fingerprint density at radius 2 is 0.533 bits per heavy atom. The van der Waals surface area contributed by atoms with Crippen molar-refractivity contribution in [3.8, 4) is 0 Å². The van der Waals surface area contributed by atoms with Gasteiger partial charge in [0.1, 0.15) is 13.2 Å². The van der Waals surface area contributed by atoms with Crippen molar-refractivity contribution in [1.29, 1.82) is 0 Å². The van der Waals surface area contributed by atoms with Gasteiger partial charge in [0.25, 0.3) is 0 Å². The summed E-state index contributed by atoms with van der Waals surface area (Å²) in [5, 5.41) is 0. The minimum Gasteiger partial charge on any atom is -0.462 e. The number of esters is 3. The van der Waals surface area contributed by atoms with Crippen molar-refractivity contribution in [2.24, 2.45) is 0 Å². The second kappa shape index (κ2) is 63.4. The molecule has 0 saturated carbocycles. The number of rotatable bonds is 59. The van der Waals surface area contributed by atoms with Crippen LogP contribution in [-0.2, 0) is 28.6 Å². The number of hydrogen-bond donors (Lipinski definition) is 0. The summed E-state index contributed by atoms with van der Waals surface area (Å²) in [5.74, 6) is -0.879. The molecular formula is C69H122O6. The van der Waals surface area contributed by atoms with Crippen molar-refractivity contribution in [1.82, 2.24) is 0 Å². The third-order valence-electron chi connectivity index (χ3n) is 14.2. The third-order valence-corrected chi connectivity index (χ3v) is 14.2. The molecule has 0 spiro atoms. The lowest BCUT2D eigenvalue weighted by Gasteiger charge is -2.18. The van der Waals surface area contributed by atoms with Crippen molar-refractivity contribution in [3.05, 3.63) is 72.9 Å². The molecule has 0 heterocycles. The molecule has 0 N–H and O–H groups in total. The summed E-state index contributed by atoms with van der Waals surface area (Å²) in [7, 11) is 0. The van der Waals surface area contributed by atoms with Gasteiger partial charge in [-0.15, -0.1) is 0 Å². The Morgan fingerprint density at radius 1 is 0.280 bits per heavy atom. The van der Waals surface area contributed by atoms with E-state index in [9.17, 15) is 14.4 Å². The molecule has 75 heavy (non-hydrogen) atoms. The normalized spacial score (nSPS) is 12.5. The zero-order valence-corrected chi connectivity index (χ0v) is 49.8. The third kappa shape index (κ3) is 61.6. The zero-order chi connectivity index (χ0) is 54.3. The molecular weight excluding hydrogens is 925 g/mol. The van der Waals surface area contributed by atoms with Gasteiger partial charge in [0, 0.05) is 19.3 Å². The van der Waals surface area contributed by atoms with Crippen molar-refractivity contribution in [2.45, 2.75) is 335 Å². The van der Waals surface area contributed by atoms with Crippen LogP contribution >= 0.6 is 0 Å². The lowest BCUT2D eigenvalue weighted by Crippen LogP contribution is -2.30. The van der Waals surface area contributed by atoms with Gasteiger partial charge in [0.2, 0.25) is 0 Å². The zero-order valence-electron chi connectivity index (χ0n) is 49.8. The molecule has 0 fully saturated rings. The first kappa shape index (κ1) is 71.8. The van der Waals surface area contributed by atoms with Crippen LogP contribution in [0.3, 0.4) is 0 Å². The quantitative estimate of drug-likeness (QED) is 0.0261. The number of carbonyl (C=O) groups excluding carboxylic acids is 3. The predicted octanol–water partition coefficient (Wildman–Crippen LogP) is 22.1. The summed E-state index contributed by atoms with van der Waals surface area (Å²) in [6.45, 7) is 6.52. The molecule has 0 aromatic carbocycles. The minimum atomic E-state index is -0.782. The van der Waals surface area contributed by atoms with Crippen LogP contribution < -0.4 is 0 Å². The van der Waals surface area contributed by atoms with Crippen LogP contribution in [0.1, 0.15) is 329 Å². The summed E-state index contributed by atoms with van der Waals surface area (Å²) >= 11 is 0. The topological polar surface area (TPSA) is 78.9 Å². The van der Waals surface area contributed by atoms with E-state index in [4.69, 9.17) is 14.2 Å². The van der Waals surface area contributed by atoms with E-state index in [1.54, 1.807) is 0 Å². The monoisotopic (exact) mass is 1050 g/mol. The lowest BCUT2D eigenvalue weighted by molar-refractivity contribution is -0.167. The Balaban J connectivity index is 4.33. The molecule has 0 aromatic rings. The van der Waals surface area contributed by atoms with Crippen LogP contribution in [-0.4, -0.2) is 37.2 Å². The van der Waals surface area contributed by atoms with Crippen LogP contribution in [0, 0.1) is 0 Å². The largest absolute Gasteiger partial charge is 0.462 e. The first-order valence-electron chi connectivity index (χ1n) is 32.4. The Morgan fingerprint density at radius 3 is 0.853 bits per heavy atom. The highest BCUT2D eigenvalue weighted by molar-refractivity contribution is 5.71. The molecule has 0 aliphatic rings. The Labute approximate surface area is 465 Å². The number of hydrogen-bond acceptors (Lipinski definition) is 6. The van der Waals surface area contributed by atoms with E-state index in [-0.39, 0.29) is 31.1 Å². The van der Waals surface area contributed by atoms with Crippen LogP contribution in [0.15, 0.2) is 72.9 Å². The maximum absolute atomic E-state index is 12.9. The van der Waals surface area contributed by atoms with E-state index in [2.05, 4.69) is 93.7 Å². The van der Waals surface area contributed by atoms with Gasteiger partial charge < -0.3 is 14.2 Å². The summed E-state index contributed by atoms with van der Waals surface area (Å²) in [6, 6.07) is 0. The molecule has 0 aromatic heterocycles. The Kier molecular flexibility index (Phi) is 60.7. The maximum atomic E-state index is 12.9. The summed E-state index contributed by atoms with van der Waals surface area (Å²) in [4.78, 5) is 38.3. The molecule has 6 nitrogen and oxygen atoms in total. The maximum Gasteiger partial charge on any atom is 0.306 e. The molecule has 0 radical (unpaired) electrons. The fourth-order valence-corrected chi connectivity index (χ4v) is 9.34. The lowest BCUT2D eigenvalue weighted by atomic mass is 10.0. The highest BCUT2D eigenvalue weighted by atomic mass is 16.6. The van der Waals surface area contributed by atoms with E-state index in [0.717, 1.165) is 103 Å². The van der Waals surface area contributed by atoms with E-state index in [1.807, 2.05) is 0 Å². The van der Waals surface area contributed by atoms with Gasteiger partial charge in [-0.25, -0.2) is 0 Å². The molecule has 0 aliphatic carbocycles. The highest BCUT2D eigenvalue weighted by Gasteiger charge is 2.19. The second-order valence-electron chi connectivity index (χ2n) is 21.6. The smallest absolute Gasteiger partial charge is 0.306 e. The average molecular weight is 1050 g/mol. The van der Waals surface area contributed by atoms with Crippen LogP contribution in [0.25, 0.3) is 0 Å². The van der Waals surface area contributed by atoms with Gasteiger partial charge in [-0.05, 0) is 83.5 Å². The van der Waals surface area contributed by atoms with Gasteiger partial charge >= 0.3 is 17.9 Å². The van der Waals surface area contributed by atoms with E-state index in [0.29, 0.717) is 19.3 Å². The standard InChI is InChI=1S/C69H122O6/c1-4-7-10-13-16-19-22-25-28-30-32-34-35-36-38-39-41-44-47-50-53-56-59-62-68(71)74-65-66(64-73-67(70)61-58-55-52-49-46-43-27-24-21-18-15-12-9-6-3)75-69(72)63-60-57-54-51-48-45-42-40-37-33-31-29-26-23-20-17-14-11-8-5-2/h7,10,15-16,18-19,24-25,27-28,32,34,66H,4-6,8-9,11-14,17,20-23,26,29-31,33,35-65H2,1-3H3/b10-7-,18-15-,19-16-,27-24-,28-25-,34-32-. The van der Waals surface area contributed by atoms with Crippen molar-refractivity contribution in [2.75, 3.05) is 13.2 Å². The molecule has 0 amide bonds. The molecule has 0 rings (SSSR count). The summed E-state index contributed by atoms with van der Waals surface area (Å²) in [5.41, 5.74) is 0. The second-order valence-corrected chi connectivity index (χ2v) is 21.6. The van der Waals surface area contributed by atoms with Gasteiger partial charge in [0.05, 0.1) is 0 Å². The van der Waals surface area contributed by atoms with Gasteiger partial charge in [-0.3, -0.25) is 14.4 Å². The Hall–Kier alpha value is -3.15. The first-order valence-corrected chi connectivity index (χ1v) is 32.4. The predicted molar refractivity (Wildman–Crippen MR) is 325 cm³/mol. The van der Waals surface area contributed by atoms with Crippen LogP contribution in [0.2, 0.25) is 0 Å². The fraction of sp³-hybridized carbons (Fsp3) is 0.783. The fourth-order valence-electron chi connectivity index (χ4n) is 9.34. The molecule has 434 valence electrons. The van der Waals surface area contributed by atoms with E-state index >= 15 is 0 Å². The molecule has 0 saturated heterocycles. The number of unbranched alkanes of at least 4 members (excludes halogenated alkanes) is 36. The highest BCUT2D eigenvalue weighted by Crippen LogP contribution is 2.17. The van der Waals surface area contributed by atoms with Gasteiger partial charge in [-0.1, -0.05) is 299 Å². The van der Waals surface area contributed by atoms with Crippen molar-refractivity contribution in [3.63, 3.8) is 0 Å². The molecule has 1 atom stereocenters. The van der Waals surface area contributed by atoms with Crippen molar-refractivity contribution >= 4 is 17.9 Å². The van der Waals surface area contributed by atoms with Gasteiger partial charge in [0.15, 0.2) is 6.10 Å². The van der Waals surface area contributed by atoms with Crippen LogP contribution in [0.4, 0.5) is 0 Å². The SMILES string of the molecule is CC/C=C\C/C=C\C/C=C\C/C=C\CCCCCCCCCCCCC(=O)OCC(COC(=O)CCCCCCC/C=C\C/C=C\CCCC)OC(=O)CCCCCCCCCCCCCCCCCCCCCC. The van der Waals surface area contributed by atoms with Crippen LogP contribution in [0.5, 0.6) is 0 Å². The molecule has 6 heteroatoms. The van der Waals surface area contributed by atoms with Gasteiger partial charge in [-0.2, -0.15) is 0 Å². The Bertz CT molecular complexity index is 1390. The molecule has 0 aliphatic heterocycles. The van der Waals surface area contributed by atoms with E-state index < -0.39 is 6.10 Å². The molecule has 1 unspecified atom stereocenters. The van der Waals surface area contributed by atoms with E-state index in [1.165, 1.54) is 186 Å². The number of allylic oxidation sites excluding steroid dienone is 12. The molecule has 0 bridgehead atoms. The summed E-state index contributed by atoms with van der Waals surface area (Å²) in [6.07, 6.45) is 81.9. The summed E-state index contributed by atoms with van der Waals surface area (Å²) < 4.78 is 16.9. The number of carbonyl (C=O) groups is 3.